The molecule has 0 aliphatic rings. The van der Waals surface area contributed by atoms with Crippen LogP contribution in [0.15, 0.2) is 53.3 Å². The van der Waals surface area contributed by atoms with Crippen molar-refractivity contribution in [3.63, 3.8) is 0 Å². The Kier molecular flexibility index (Phi) is 3.12. The van der Waals surface area contributed by atoms with E-state index in [2.05, 4.69) is 9.97 Å². The number of halogens is 1. The van der Waals surface area contributed by atoms with Crippen molar-refractivity contribution < 1.29 is 4.39 Å². The van der Waals surface area contributed by atoms with E-state index in [9.17, 15) is 9.18 Å². The predicted octanol–water partition coefficient (Wildman–Crippen LogP) is 3.73. The van der Waals surface area contributed by atoms with Crippen LogP contribution in [0.1, 0.15) is 5.56 Å². The van der Waals surface area contributed by atoms with Gasteiger partial charge in [-0.15, -0.1) is 0 Å². The Morgan fingerprint density at radius 2 is 1.83 bits per heavy atom. The Bertz CT molecular complexity index is 1140. The largest absolute Gasteiger partial charge is 0.349 e. The lowest BCUT2D eigenvalue weighted by molar-refractivity contribution is 0.630. The number of nitrogens with one attached hydrogen (secondary N) is 2. The van der Waals surface area contributed by atoms with E-state index in [1.165, 1.54) is 16.7 Å². The molecule has 2 aromatic carbocycles. The molecular formula is C17H12FN3OS. The maximum absolute atomic E-state index is 13.5. The smallest absolute Gasteiger partial charge is 0.278 e. The second kappa shape index (κ2) is 5.17. The summed E-state index contributed by atoms with van der Waals surface area (Å²) in [5.41, 5.74) is 2.40. The van der Waals surface area contributed by atoms with E-state index in [1.54, 1.807) is 6.07 Å². The van der Waals surface area contributed by atoms with Crippen LogP contribution in [0.4, 0.5) is 4.39 Å². The van der Waals surface area contributed by atoms with Gasteiger partial charge in [0.25, 0.3) is 5.56 Å². The molecule has 114 valence electrons. The van der Waals surface area contributed by atoms with E-state index in [4.69, 9.17) is 12.2 Å². The average molecular weight is 325 g/mol. The van der Waals surface area contributed by atoms with E-state index < -0.39 is 0 Å². The summed E-state index contributed by atoms with van der Waals surface area (Å²) in [6.07, 6.45) is 0. The lowest BCUT2D eigenvalue weighted by Gasteiger charge is -2.06. The highest BCUT2D eigenvalue weighted by Crippen LogP contribution is 2.22. The van der Waals surface area contributed by atoms with Crippen LogP contribution in [0.2, 0.25) is 0 Å². The molecule has 0 bridgehead atoms. The molecule has 0 unspecified atom stereocenters. The third kappa shape index (κ3) is 2.27. The fourth-order valence-corrected chi connectivity index (χ4v) is 3.02. The van der Waals surface area contributed by atoms with Gasteiger partial charge in [0, 0.05) is 10.9 Å². The van der Waals surface area contributed by atoms with E-state index in [1.807, 2.05) is 30.3 Å². The van der Waals surface area contributed by atoms with Gasteiger partial charge in [-0.25, -0.2) is 4.39 Å². The molecular weight excluding hydrogens is 313 g/mol. The van der Waals surface area contributed by atoms with Crippen molar-refractivity contribution >= 4 is 34.2 Å². The van der Waals surface area contributed by atoms with Gasteiger partial charge in [-0.3, -0.25) is 9.36 Å². The van der Waals surface area contributed by atoms with Crippen molar-refractivity contribution in [3.05, 3.63) is 75.0 Å². The zero-order valence-electron chi connectivity index (χ0n) is 12.0. The molecule has 0 saturated heterocycles. The van der Waals surface area contributed by atoms with Crippen molar-refractivity contribution in [2.24, 2.45) is 0 Å². The van der Waals surface area contributed by atoms with Crippen molar-refractivity contribution in [1.82, 2.24) is 14.5 Å². The first-order chi connectivity index (χ1) is 11.1. The fourth-order valence-electron chi connectivity index (χ4n) is 2.77. The number of rotatable bonds is 2. The van der Waals surface area contributed by atoms with Gasteiger partial charge in [-0.2, -0.15) is 0 Å². The standard InChI is InChI=1S/C17H12FN3OS/c18-11-6-7-13-12(8-11)14-15(19-13)16(22)21(17(23)20-14)9-10-4-2-1-3-5-10/h1-8,19H,9H2,(H,20,23). The normalized spacial score (nSPS) is 11.3. The molecule has 4 nitrogen and oxygen atoms in total. The predicted molar refractivity (Wildman–Crippen MR) is 90.8 cm³/mol. The van der Waals surface area contributed by atoms with Crippen LogP contribution in [0.3, 0.4) is 0 Å². The molecule has 2 heterocycles. The van der Waals surface area contributed by atoms with Gasteiger partial charge in [-0.05, 0) is 36.0 Å². The number of aromatic nitrogens is 3. The third-order valence-corrected chi connectivity index (χ3v) is 4.20. The molecule has 23 heavy (non-hydrogen) atoms. The second-order valence-electron chi connectivity index (χ2n) is 5.37. The summed E-state index contributed by atoms with van der Waals surface area (Å²) in [6.45, 7) is 0.384. The Balaban J connectivity index is 1.99. The minimum absolute atomic E-state index is 0.218. The summed E-state index contributed by atoms with van der Waals surface area (Å²) in [5.74, 6) is -0.355. The summed E-state index contributed by atoms with van der Waals surface area (Å²) in [7, 11) is 0. The zero-order valence-corrected chi connectivity index (χ0v) is 12.8. The summed E-state index contributed by atoms with van der Waals surface area (Å²) >= 11 is 5.33. The monoisotopic (exact) mass is 325 g/mol. The first kappa shape index (κ1) is 13.9. The van der Waals surface area contributed by atoms with Crippen LogP contribution in [-0.2, 0) is 6.54 Å². The number of hydrogen-bond donors (Lipinski definition) is 2. The molecule has 2 N–H and O–H groups in total. The average Bonchev–Trinajstić information content (AvgIpc) is 2.91. The molecule has 0 amide bonds. The molecule has 0 spiro atoms. The molecule has 4 rings (SSSR count). The number of hydrogen-bond acceptors (Lipinski definition) is 2. The van der Waals surface area contributed by atoms with Gasteiger partial charge in [0.15, 0.2) is 4.77 Å². The minimum Gasteiger partial charge on any atom is -0.349 e. The maximum Gasteiger partial charge on any atom is 0.278 e. The molecule has 2 aromatic heterocycles. The van der Waals surface area contributed by atoms with Gasteiger partial charge in [0.05, 0.1) is 12.1 Å². The highest BCUT2D eigenvalue weighted by molar-refractivity contribution is 7.71. The number of H-pyrrole nitrogens is 2. The number of aromatic amines is 2. The van der Waals surface area contributed by atoms with E-state index >= 15 is 0 Å². The number of fused-ring (bicyclic) bond motifs is 3. The quantitative estimate of drug-likeness (QED) is 0.552. The second-order valence-corrected chi connectivity index (χ2v) is 5.76. The lowest BCUT2D eigenvalue weighted by Crippen LogP contribution is -2.22. The van der Waals surface area contributed by atoms with Crippen molar-refractivity contribution in [3.8, 4) is 0 Å². The van der Waals surface area contributed by atoms with Crippen molar-refractivity contribution in [1.29, 1.82) is 0 Å². The van der Waals surface area contributed by atoms with Gasteiger partial charge < -0.3 is 9.97 Å². The van der Waals surface area contributed by atoms with Gasteiger partial charge in [0.1, 0.15) is 11.3 Å². The van der Waals surface area contributed by atoms with Crippen LogP contribution >= 0.6 is 12.2 Å². The minimum atomic E-state index is -0.355. The number of nitrogens with zero attached hydrogens (tertiary/aromatic N) is 1. The van der Waals surface area contributed by atoms with E-state index in [0.717, 1.165) is 5.56 Å². The molecule has 6 heteroatoms. The molecule has 4 aromatic rings. The summed E-state index contributed by atoms with van der Waals surface area (Å²) < 4.78 is 15.3. The Labute approximate surface area is 135 Å². The Morgan fingerprint density at radius 1 is 1.04 bits per heavy atom. The van der Waals surface area contributed by atoms with Crippen LogP contribution in [0, 0.1) is 10.6 Å². The topological polar surface area (TPSA) is 53.6 Å². The summed E-state index contributed by atoms with van der Waals surface area (Å²) in [6, 6.07) is 14.0. The highest BCUT2D eigenvalue weighted by Gasteiger charge is 2.12. The third-order valence-electron chi connectivity index (χ3n) is 3.88. The first-order valence-corrected chi connectivity index (χ1v) is 7.52. The summed E-state index contributed by atoms with van der Waals surface area (Å²) in [5, 5.41) is 0.620. The van der Waals surface area contributed by atoms with Crippen LogP contribution in [0.25, 0.3) is 21.9 Å². The van der Waals surface area contributed by atoms with Crippen molar-refractivity contribution in [2.75, 3.05) is 0 Å². The van der Waals surface area contributed by atoms with Crippen LogP contribution in [0.5, 0.6) is 0 Å². The molecule has 0 atom stereocenters. The van der Waals surface area contributed by atoms with Crippen LogP contribution < -0.4 is 5.56 Å². The molecule has 0 fully saturated rings. The summed E-state index contributed by atoms with van der Waals surface area (Å²) in [4.78, 5) is 18.9. The van der Waals surface area contributed by atoms with Crippen molar-refractivity contribution in [2.45, 2.75) is 6.54 Å². The lowest BCUT2D eigenvalue weighted by atomic mass is 10.2. The highest BCUT2D eigenvalue weighted by atomic mass is 32.1. The molecule has 0 radical (unpaired) electrons. The SMILES string of the molecule is O=c1c2[nH]c3ccc(F)cc3c2[nH]c(=S)n1Cc1ccccc1. The molecule has 0 aliphatic carbocycles. The Hall–Kier alpha value is -2.73. The van der Waals surface area contributed by atoms with E-state index in [0.29, 0.717) is 33.3 Å². The van der Waals surface area contributed by atoms with Gasteiger partial charge in [0.2, 0.25) is 0 Å². The Morgan fingerprint density at radius 3 is 2.61 bits per heavy atom. The molecule has 0 saturated carbocycles. The van der Waals surface area contributed by atoms with Gasteiger partial charge >= 0.3 is 0 Å². The number of benzene rings is 2. The maximum atomic E-state index is 13.5. The first-order valence-electron chi connectivity index (χ1n) is 7.11. The zero-order chi connectivity index (χ0) is 16.0. The van der Waals surface area contributed by atoms with E-state index in [-0.39, 0.29) is 11.4 Å². The van der Waals surface area contributed by atoms with Crippen LogP contribution in [-0.4, -0.2) is 14.5 Å². The molecule has 0 aliphatic heterocycles. The fraction of sp³-hybridized carbons (Fsp3) is 0.0588. The van der Waals surface area contributed by atoms with Gasteiger partial charge in [-0.1, -0.05) is 30.3 Å².